The molecule has 1 fully saturated rings. The highest BCUT2D eigenvalue weighted by atomic mass is 19.3. The molecule has 1 saturated heterocycles. The zero-order chi connectivity index (χ0) is 28.4. The summed E-state index contributed by atoms with van der Waals surface area (Å²) >= 11 is 0. The lowest BCUT2D eigenvalue weighted by Crippen LogP contribution is -2.36. The fourth-order valence-electron chi connectivity index (χ4n) is 5.13. The van der Waals surface area contributed by atoms with Crippen LogP contribution in [0.2, 0.25) is 0 Å². The molecule has 2 N–H and O–H groups in total. The molecule has 12 heteroatoms. The molecule has 2 aliphatic rings. The number of imidazole rings is 1. The Hall–Kier alpha value is -3.93. The van der Waals surface area contributed by atoms with Gasteiger partial charge in [0.25, 0.3) is 6.43 Å². The maximum Gasteiger partial charge on any atom is 0.337 e. The van der Waals surface area contributed by atoms with E-state index in [-0.39, 0.29) is 42.1 Å². The molecule has 0 aliphatic carbocycles. The quantitative estimate of drug-likeness (QED) is 0.251. The highest BCUT2D eigenvalue weighted by Gasteiger charge is 2.32. The first-order valence-electron chi connectivity index (χ1n) is 13.2. The van der Waals surface area contributed by atoms with Gasteiger partial charge in [-0.2, -0.15) is 0 Å². The summed E-state index contributed by atoms with van der Waals surface area (Å²) in [5.41, 5.74) is 8.69. The zero-order valence-corrected chi connectivity index (χ0v) is 22.3. The summed E-state index contributed by atoms with van der Waals surface area (Å²) in [6, 6.07) is 3.81. The molecule has 212 valence electrons. The van der Waals surface area contributed by atoms with E-state index in [4.69, 9.17) is 15.2 Å². The van der Waals surface area contributed by atoms with Gasteiger partial charge in [0.1, 0.15) is 12.0 Å². The number of carbonyl (C=O) groups is 1. The number of hydrogen-bond acceptors (Lipinski definition) is 8. The van der Waals surface area contributed by atoms with Gasteiger partial charge in [0.2, 0.25) is 0 Å². The van der Waals surface area contributed by atoms with E-state index < -0.39 is 24.6 Å². The Morgan fingerprint density at radius 1 is 1.30 bits per heavy atom. The molecule has 0 amide bonds. The number of nitrogen functional groups attached to an aromatic ring is 1. The first-order chi connectivity index (χ1) is 19.3. The third kappa shape index (κ3) is 5.40. The average Bonchev–Trinajstić information content (AvgIpc) is 3.51. The van der Waals surface area contributed by atoms with Crippen LogP contribution in [0.1, 0.15) is 47.5 Å². The van der Waals surface area contributed by atoms with E-state index in [1.165, 1.54) is 18.6 Å². The smallest absolute Gasteiger partial charge is 0.337 e. The lowest BCUT2D eigenvalue weighted by atomic mass is 9.93. The number of rotatable bonds is 8. The molecule has 1 unspecified atom stereocenters. The molecule has 5 rings (SSSR count). The van der Waals surface area contributed by atoms with Gasteiger partial charge >= 0.3 is 5.97 Å². The minimum Gasteiger partial charge on any atom is -0.464 e. The fourth-order valence-corrected chi connectivity index (χ4v) is 5.13. The summed E-state index contributed by atoms with van der Waals surface area (Å²) in [6.07, 6.45) is 0.373. The third-order valence-corrected chi connectivity index (χ3v) is 7.25. The Balaban J connectivity index is 1.50. The molecule has 0 spiro atoms. The minimum absolute atomic E-state index is 0.00247. The lowest BCUT2D eigenvalue weighted by molar-refractivity contribution is -0.144. The monoisotopic (exact) mass is 556 g/mol. The number of aliphatic imine (C=N–C) groups is 1. The van der Waals surface area contributed by atoms with Gasteiger partial charge in [-0.15, -0.1) is 0 Å². The number of nitrogens with two attached hydrogens (primary N) is 1. The highest BCUT2D eigenvalue weighted by molar-refractivity contribution is 5.94. The SMILES string of the molecule is CCOC(=O)C(N=Cc1c(C(F)F)cc(-c2ccc(N3CCOCC3)nc2)c(C)c1N)c1ncn2c1C[C@@H](F)C2. The first kappa shape index (κ1) is 27.6. The van der Waals surface area contributed by atoms with E-state index in [2.05, 4.69) is 19.9 Å². The largest absolute Gasteiger partial charge is 0.464 e. The Kier molecular flexibility index (Phi) is 8.06. The number of fused-ring (bicyclic) bond motifs is 1. The number of benzene rings is 1. The van der Waals surface area contributed by atoms with Crippen molar-refractivity contribution in [1.82, 2.24) is 14.5 Å². The van der Waals surface area contributed by atoms with Gasteiger partial charge < -0.3 is 24.7 Å². The Labute approximate surface area is 229 Å². The number of nitrogens with zero attached hydrogens (tertiary/aromatic N) is 5. The summed E-state index contributed by atoms with van der Waals surface area (Å²) in [5.74, 6) is 0.0740. The number of carbonyl (C=O) groups excluding carboxylic acids is 1. The topological polar surface area (TPSA) is 108 Å². The van der Waals surface area contributed by atoms with E-state index in [0.29, 0.717) is 35.6 Å². The van der Waals surface area contributed by atoms with Gasteiger partial charge in [-0.1, -0.05) is 0 Å². The summed E-state index contributed by atoms with van der Waals surface area (Å²) < 4.78 is 54.9. The van der Waals surface area contributed by atoms with Crippen LogP contribution < -0.4 is 10.6 Å². The van der Waals surface area contributed by atoms with Crippen LogP contribution in [0.15, 0.2) is 35.7 Å². The molecule has 2 aromatic heterocycles. The third-order valence-electron chi connectivity index (χ3n) is 7.25. The van der Waals surface area contributed by atoms with Crippen LogP contribution >= 0.6 is 0 Å². The zero-order valence-electron chi connectivity index (χ0n) is 22.3. The van der Waals surface area contributed by atoms with Gasteiger partial charge in [0.15, 0.2) is 6.04 Å². The number of esters is 1. The normalized spacial score (nSPS) is 17.9. The Morgan fingerprint density at radius 3 is 2.75 bits per heavy atom. The van der Waals surface area contributed by atoms with Gasteiger partial charge in [0.05, 0.1) is 38.4 Å². The summed E-state index contributed by atoms with van der Waals surface area (Å²) in [5, 5.41) is 0. The predicted octanol–water partition coefficient (Wildman–Crippen LogP) is 4.23. The summed E-state index contributed by atoms with van der Waals surface area (Å²) in [7, 11) is 0. The Bertz CT molecular complexity index is 1400. The van der Waals surface area contributed by atoms with E-state index in [9.17, 15) is 18.0 Å². The maximum atomic E-state index is 14.3. The molecule has 1 aromatic carbocycles. The maximum absolute atomic E-state index is 14.3. The van der Waals surface area contributed by atoms with E-state index >= 15 is 0 Å². The average molecular weight is 557 g/mol. The van der Waals surface area contributed by atoms with Crippen molar-refractivity contribution in [1.29, 1.82) is 0 Å². The molecule has 0 saturated carbocycles. The molecule has 3 aromatic rings. The number of aromatic nitrogens is 3. The number of pyridine rings is 1. The van der Waals surface area contributed by atoms with Crippen LogP contribution in [0.4, 0.5) is 24.7 Å². The highest BCUT2D eigenvalue weighted by Crippen LogP contribution is 2.37. The number of anilines is 2. The second-order valence-electron chi connectivity index (χ2n) is 9.73. The van der Waals surface area contributed by atoms with Gasteiger partial charge in [-0.05, 0) is 43.2 Å². The van der Waals surface area contributed by atoms with Crippen molar-refractivity contribution in [3.63, 3.8) is 0 Å². The molecular formula is C28H31F3N6O3. The molecule has 2 atom stereocenters. The molecule has 0 radical (unpaired) electrons. The van der Waals surface area contributed by atoms with Crippen LogP contribution in [0.5, 0.6) is 0 Å². The predicted molar refractivity (Wildman–Crippen MR) is 145 cm³/mol. The second-order valence-corrected chi connectivity index (χ2v) is 9.73. The number of hydrogen-bond donors (Lipinski definition) is 1. The van der Waals surface area contributed by atoms with E-state index in [1.54, 1.807) is 24.6 Å². The fraction of sp³-hybridized carbons (Fsp3) is 0.429. The summed E-state index contributed by atoms with van der Waals surface area (Å²) in [4.78, 5) is 28.0. The lowest BCUT2D eigenvalue weighted by Gasteiger charge is -2.27. The van der Waals surface area contributed by atoms with Crippen LogP contribution in [0.3, 0.4) is 0 Å². The van der Waals surface area contributed by atoms with E-state index in [0.717, 1.165) is 18.9 Å². The standard InChI is InChI=1S/C28H31F3N6O3/c1-3-40-28(38)26(25-22-10-18(29)14-37(22)15-35-25)34-13-21-20(27(30)31)11-19(16(2)24(21)32)17-4-5-23(33-12-17)36-6-8-39-9-7-36/h4-5,11-13,15,18,26-27H,3,6-10,14,32H2,1-2H3/t18-,26?/m1/s1. The van der Waals surface area contributed by atoms with E-state index in [1.807, 2.05) is 12.1 Å². The first-order valence-corrected chi connectivity index (χ1v) is 13.2. The van der Waals surface area contributed by atoms with Gasteiger partial charge in [-0.3, -0.25) is 4.99 Å². The van der Waals surface area contributed by atoms with Crippen molar-refractivity contribution in [2.45, 2.75) is 45.5 Å². The van der Waals surface area contributed by atoms with Crippen molar-refractivity contribution < 1.29 is 27.4 Å². The molecule has 9 nitrogen and oxygen atoms in total. The molecule has 2 aliphatic heterocycles. The van der Waals surface area contributed by atoms with Crippen molar-refractivity contribution in [3.05, 3.63) is 58.8 Å². The molecule has 4 heterocycles. The molecule has 0 bridgehead atoms. The minimum atomic E-state index is -2.87. The van der Waals surface area contributed by atoms with Crippen LogP contribution in [0.25, 0.3) is 11.1 Å². The number of morpholine rings is 1. The number of alkyl halides is 3. The van der Waals surface area contributed by atoms with Crippen LogP contribution in [-0.4, -0.2) is 65.8 Å². The van der Waals surface area contributed by atoms with Crippen molar-refractivity contribution in [2.24, 2.45) is 4.99 Å². The summed E-state index contributed by atoms with van der Waals surface area (Å²) in [6.45, 7) is 6.30. The van der Waals surface area contributed by atoms with Gasteiger partial charge in [-0.25, -0.2) is 27.9 Å². The molecular weight excluding hydrogens is 525 g/mol. The number of ether oxygens (including phenoxy) is 2. The second kappa shape index (κ2) is 11.7. The van der Waals surface area contributed by atoms with Crippen molar-refractivity contribution in [2.75, 3.05) is 43.5 Å². The van der Waals surface area contributed by atoms with Gasteiger partial charge in [0, 0.05) is 60.0 Å². The Morgan fingerprint density at radius 2 is 2.08 bits per heavy atom. The number of halogens is 3. The van der Waals surface area contributed by atoms with Crippen molar-refractivity contribution in [3.8, 4) is 11.1 Å². The van der Waals surface area contributed by atoms with Crippen LogP contribution in [0, 0.1) is 6.92 Å². The van der Waals surface area contributed by atoms with Crippen molar-refractivity contribution >= 4 is 23.7 Å². The van der Waals surface area contributed by atoms with Crippen LogP contribution in [-0.2, 0) is 27.2 Å². The molecule has 40 heavy (non-hydrogen) atoms.